The summed E-state index contributed by atoms with van der Waals surface area (Å²) >= 11 is 0. The fourth-order valence-corrected chi connectivity index (χ4v) is 5.18. The van der Waals surface area contributed by atoms with E-state index in [0.717, 1.165) is 33.8 Å². The van der Waals surface area contributed by atoms with Crippen LogP contribution in [0, 0.1) is 6.92 Å². The van der Waals surface area contributed by atoms with Gasteiger partial charge in [0.2, 0.25) is 5.88 Å². The van der Waals surface area contributed by atoms with Crippen LogP contribution in [0.5, 0.6) is 11.6 Å². The van der Waals surface area contributed by atoms with Gasteiger partial charge in [-0.3, -0.25) is 4.40 Å². The minimum atomic E-state index is -3.02. The smallest absolute Gasteiger partial charge is 0.224 e. The lowest BCUT2D eigenvalue weighted by Gasteiger charge is -2.35. The van der Waals surface area contributed by atoms with Crippen LogP contribution in [-0.2, 0) is 16.3 Å². The normalized spacial score (nSPS) is 14.8. The lowest BCUT2D eigenvalue weighted by molar-refractivity contribution is 0.458. The predicted molar refractivity (Wildman–Crippen MR) is 155 cm³/mol. The van der Waals surface area contributed by atoms with Gasteiger partial charge in [0.25, 0.3) is 0 Å². The lowest BCUT2D eigenvalue weighted by atomic mass is 10.1. The van der Waals surface area contributed by atoms with E-state index < -0.39 is 9.84 Å². The molecule has 0 radical (unpaired) electrons. The third-order valence-corrected chi connectivity index (χ3v) is 7.63. The van der Waals surface area contributed by atoms with Gasteiger partial charge in [0.1, 0.15) is 34.4 Å². The van der Waals surface area contributed by atoms with Crippen molar-refractivity contribution in [1.82, 2.24) is 19.6 Å². The van der Waals surface area contributed by atoms with Crippen molar-refractivity contribution in [3.63, 3.8) is 0 Å². The number of sulfone groups is 1. The lowest BCUT2D eigenvalue weighted by Crippen LogP contribution is -2.34. The number of aliphatic imine (C=N–C) groups is 1. The van der Waals surface area contributed by atoms with Crippen molar-refractivity contribution in [1.29, 1.82) is 0 Å². The summed E-state index contributed by atoms with van der Waals surface area (Å²) in [5.74, 6) is 1.25. The third-order valence-electron chi connectivity index (χ3n) is 6.68. The zero-order chi connectivity index (χ0) is 27.7. The van der Waals surface area contributed by atoms with Crippen LogP contribution in [0.4, 0.5) is 17.1 Å². The Labute approximate surface area is 231 Å². The number of benzene rings is 3. The number of nitrogens with zero attached hydrogens (tertiary/aromatic N) is 6. The number of anilines is 2. The number of hydrogen-bond donors (Lipinski definition) is 1. The van der Waals surface area contributed by atoms with E-state index in [1.165, 1.54) is 6.26 Å². The van der Waals surface area contributed by atoms with E-state index in [9.17, 15) is 8.42 Å². The van der Waals surface area contributed by atoms with Crippen molar-refractivity contribution in [3.05, 3.63) is 102 Å². The van der Waals surface area contributed by atoms with Crippen LogP contribution in [0.3, 0.4) is 0 Å². The molecule has 1 unspecified atom stereocenters. The maximum Gasteiger partial charge on any atom is 0.224 e. The van der Waals surface area contributed by atoms with E-state index in [1.807, 2.05) is 73.9 Å². The molecule has 40 heavy (non-hydrogen) atoms. The maximum atomic E-state index is 11.6. The summed E-state index contributed by atoms with van der Waals surface area (Å²) in [4.78, 5) is 11.1. The molecule has 1 atom stereocenters. The molecule has 0 aliphatic carbocycles. The van der Waals surface area contributed by atoms with Gasteiger partial charge in [-0.2, -0.15) is 0 Å². The second-order valence-electron chi connectivity index (χ2n) is 9.71. The highest BCUT2D eigenvalue weighted by atomic mass is 32.2. The van der Waals surface area contributed by atoms with Crippen LogP contribution >= 0.6 is 0 Å². The Bertz CT molecular complexity index is 1820. The van der Waals surface area contributed by atoms with Crippen LogP contribution < -0.4 is 15.0 Å². The molecule has 2 aromatic heterocycles. The minimum absolute atomic E-state index is 0.124. The molecule has 3 heterocycles. The Hall–Kier alpha value is -4.77. The van der Waals surface area contributed by atoms with Crippen molar-refractivity contribution >= 4 is 38.9 Å². The highest BCUT2D eigenvalue weighted by Gasteiger charge is 2.26. The molecular formula is C29H27N7O3S. The fraction of sp³-hybridized carbons (Fsp3) is 0.172. The van der Waals surface area contributed by atoms with Crippen LogP contribution in [0.1, 0.15) is 22.9 Å². The third kappa shape index (κ3) is 5.50. The number of fused-ring (bicyclic) bond motifs is 2. The largest absolute Gasteiger partial charge is 0.439 e. The number of rotatable bonds is 8. The molecule has 1 N–H and O–H groups in total. The standard InChI is InChI=1S/C29H27N7O3S/c1-20-15-22(9-12-26(20)39-28-16-27-34-32-19-35(27)17-31-28)33-29-24-5-3-4-6-25(24)30-18-36(29)23-10-7-21(8-11-23)13-14-40(2,37)38/h3-12,15-19,29,33H,13-14H2,1-2H3. The monoisotopic (exact) mass is 553 g/mol. The summed E-state index contributed by atoms with van der Waals surface area (Å²) in [5, 5.41) is 11.6. The molecule has 11 heteroatoms. The van der Waals surface area contributed by atoms with Crippen LogP contribution in [0.25, 0.3) is 5.65 Å². The van der Waals surface area contributed by atoms with Gasteiger partial charge < -0.3 is 15.0 Å². The summed E-state index contributed by atoms with van der Waals surface area (Å²) in [6.07, 6.45) is 6.54. The van der Waals surface area contributed by atoms with Crippen molar-refractivity contribution < 1.29 is 13.2 Å². The van der Waals surface area contributed by atoms with E-state index in [0.29, 0.717) is 23.7 Å². The number of aromatic nitrogens is 4. The molecule has 0 spiro atoms. The quantitative estimate of drug-likeness (QED) is 0.282. The Morgan fingerprint density at radius 2 is 1.82 bits per heavy atom. The summed E-state index contributed by atoms with van der Waals surface area (Å²) in [5.41, 5.74) is 6.34. The van der Waals surface area contributed by atoms with E-state index >= 15 is 0 Å². The first-order valence-electron chi connectivity index (χ1n) is 12.7. The predicted octanol–water partition coefficient (Wildman–Crippen LogP) is 5.10. The van der Waals surface area contributed by atoms with Gasteiger partial charge in [-0.05, 0) is 60.9 Å². The van der Waals surface area contributed by atoms with Gasteiger partial charge in [0.15, 0.2) is 5.65 Å². The van der Waals surface area contributed by atoms with Gasteiger partial charge in [-0.25, -0.2) is 18.4 Å². The molecule has 0 saturated carbocycles. The highest BCUT2D eigenvalue weighted by Crippen LogP contribution is 2.37. The fourth-order valence-electron chi connectivity index (χ4n) is 4.57. The van der Waals surface area contributed by atoms with E-state index in [-0.39, 0.29) is 11.9 Å². The molecule has 0 bridgehead atoms. The average Bonchev–Trinajstić information content (AvgIpc) is 3.42. The van der Waals surface area contributed by atoms with Crippen molar-refractivity contribution in [2.24, 2.45) is 4.99 Å². The molecular weight excluding hydrogens is 526 g/mol. The Balaban J connectivity index is 1.24. The molecule has 1 aliphatic rings. The molecule has 5 aromatic rings. The van der Waals surface area contributed by atoms with Crippen molar-refractivity contribution in [2.45, 2.75) is 19.5 Å². The summed E-state index contributed by atoms with van der Waals surface area (Å²) < 4.78 is 30.9. The second kappa shape index (κ2) is 10.4. The van der Waals surface area contributed by atoms with Crippen LogP contribution in [0.15, 0.2) is 90.4 Å². The SMILES string of the molecule is Cc1cc(NC2c3ccccc3N=CN2c2ccc(CCS(C)(=O)=O)cc2)ccc1Oc1cc2nncn2cn1. The number of ether oxygens (including phenoxy) is 1. The zero-order valence-corrected chi connectivity index (χ0v) is 22.8. The summed E-state index contributed by atoms with van der Waals surface area (Å²) in [7, 11) is -3.02. The van der Waals surface area contributed by atoms with Crippen molar-refractivity contribution in [3.8, 4) is 11.6 Å². The first kappa shape index (κ1) is 25.5. The molecule has 6 rings (SSSR count). The Morgan fingerprint density at radius 1 is 1.00 bits per heavy atom. The number of aryl methyl sites for hydroxylation is 2. The number of hydrogen-bond acceptors (Lipinski definition) is 9. The molecule has 10 nitrogen and oxygen atoms in total. The first-order valence-corrected chi connectivity index (χ1v) is 14.8. The highest BCUT2D eigenvalue weighted by molar-refractivity contribution is 7.90. The first-order chi connectivity index (χ1) is 19.3. The Morgan fingerprint density at radius 3 is 2.62 bits per heavy atom. The van der Waals surface area contributed by atoms with Gasteiger partial charge in [0.05, 0.1) is 17.8 Å². The molecule has 202 valence electrons. The van der Waals surface area contributed by atoms with Crippen LogP contribution in [0.2, 0.25) is 0 Å². The van der Waals surface area contributed by atoms with E-state index in [4.69, 9.17) is 4.74 Å². The summed E-state index contributed by atoms with van der Waals surface area (Å²) in [6, 6.07) is 23.6. The van der Waals surface area contributed by atoms with Gasteiger partial charge in [-0.15, -0.1) is 10.2 Å². The zero-order valence-electron chi connectivity index (χ0n) is 22.0. The van der Waals surface area contributed by atoms with E-state index in [1.54, 1.807) is 23.1 Å². The Kier molecular flexibility index (Phi) is 6.64. The average molecular weight is 554 g/mol. The molecule has 1 aliphatic heterocycles. The van der Waals surface area contributed by atoms with E-state index in [2.05, 4.69) is 36.5 Å². The number of nitrogens with one attached hydrogen (secondary N) is 1. The molecule has 0 amide bonds. The molecule has 3 aromatic carbocycles. The topological polar surface area (TPSA) is 114 Å². The van der Waals surface area contributed by atoms with Gasteiger partial charge in [-0.1, -0.05) is 30.3 Å². The molecule has 0 fully saturated rings. The van der Waals surface area contributed by atoms with Gasteiger partial charge in [0, 0.05) is 29.3 Å². The summed E-state index contributed by atoms with van der Waals surface area (Å²) in [6.45, 7) is 1.99. The van der Waals surface area contributed by atoms with Crippen LogP contribution in [-0.4, -0.2) is 46.3 Å². The minimum Gasteiger partial charge on any atom is -0.439 e. The molecule has 0 saturated heterocycles. The number of para-hydroxylation sites is 1. The van der Waals surface area contributed by atoms with Gasteiger partial charge >= 0.3 is 0 Å². The van der Waals surface area contributed by atoms with Crippen molar-refractivity contribution in [2.75, 3.05) is 22.2 Å². The maximum absolute atomic E-state index is 11.6. The second-order valence-corrected chi connectivity index (χ2v) is 12.0.